The topological polar surface area (TPSA) is 120 Å². The Kier molecular flexibility index (Phi) is 8.44. The lowest BCUT2D eigenvalue weighted by Gasteiger charge is -2.14. The monoisotopic (exact) mass is 494 g/mol. The standard InChI is InChI=1S/C25H30N6O3S/c1-16(23(33)30-24-28-14-20(35-24)25(2,3)34)17-8-6-9-18(12-17)19-13-27-21(15-26-19)29-22(32)10-7-11-31(4)5/h6-10,12-16,34H,11H2,1-5H3,(H,27,29,32)(H,28,30,33)/b10-7+/t16-/m0/s1. The molecule has 0 fully saturated rings. The summed E-state index contributed by atoms with van der Waals surface area (Å²) in [4.78, 5) is 40.3. The Morgan fingerprint density at radius 1 is 1.14 bits per heavy atom. The molecule has 10 heteroatoms. The summed E-state index contributed by atoms with van der Waals surface area (Å²) in [5.74, 6) is -0.563. The summed E-state index contributed by atoms with van der Waals surface area (Å²) in [6.45, 7) is 5.82. The van der Waals surface area contributed by atoms with E-state index in [-0.39, 0.29) is 11.8 Å². The van der Waals surface area contributed by atoms with Crippen LogP contribution in [0, 0.1) is 0 Å². The van der Waals surface area contributed by atoms with Crippen molar-refractivity contribution >= 4 is 34.1 Å². The first-order valence-electron chi connectivity index (χ1n) is 11.1. The van der Waals surface area contributed by atoms with Crippen LogP contribution < -0.4 is 10.6 Å². The molecule has 0 bridgehead atoms. The van der Waals surface area contributed by atoms with Crippen molar-refractivity contribution in [2.24, 2.45) is 0 Å². The van der Waals surface area contributed by atoms with E-state index in [0.29, 0.717) is 28.1 Å². The summed E-state index contributed by atoms with van der Waals surface area (Å²) >= 11 is 1.24. The van der Waals surface area contributed by atoms with Crippen molar-refractivity contribution in [2.45, 2.75) is 32.3 Å². The zero-order valence-corrected chi connectivity index (χ0v) is 21.3. The summed E-state index contributed by atoms with van der Waals surface area (Å²) in [7, 11) is 3.84. The van der Waals surface area contributed by atoms with E-state index >= 15 is 0 Å². The Morgan fingerprint density at radius 3 is 2.54 bits per heavy atom. The first-order chi connectivity index (χ1) is 16.5. The molecule has 0 spiro atoms. The smallest absolute Gasteiger partial charge is 0.249 e. The van der Waals surface area contributed by atoms with Crippen LogP contribution in [0.5, 0.6) is 0 Å². The SMILES string of the molecule is C[C@H](C(=O)Nc1ncc(C(C)(C)O)s1)c1cccc(-c2cnc(NC(=O)/C=C/CN(C)C)cn2)c1. The van der Waals surface area contributed by atoms with Crippen molar-refractivity contribution in [3.8, 4) is 11.3 Å². The van der Waals surface area contributed by atoms with Crippen LogP contribution in [0.4, 0.5) is 10.9 Å². The molecule has 0 unspecified atom stereocenters. The van der Waals surface area contributed by atoms with Crippen LogP contribution in [0.1, 0.15) is 37.1 Å². The molecule has 2 heterocycles. The molecule has 184 valence electrons. The Balaban J connectivity index is 1.65. The molecule has 3 aromatic rings. The van der Waals surface area contributed by atoms with E-state index in [4.69, 9.17) is 0 Å². The quantitative estimate of drug-likeness (QED) is 0.389. The summed E-state index contributed by atoms with van der Waals surface area (Å²) in [5.41, 5.74) is 1.22. The third kappa shape index (κ3) is 7.51. The fourth-order valence-electron chi connectivity index (χ4n) is 3.03. The van der Waals surface area contributed by atoms with Crippen molar-refractivity contribution in [2.75, 3.05) is 31.3 Å². The van der Waals surface area contributed by atoms with Gasteiger partial charge in [0.15, 0.2) is 10.9 Å². The lowest BCUT2D eigenvalue weighted by Crippen LogP contribution is -2.18. The van der Waals surface area contributed by atoms with Crippen LogP contribution in [0.2, 0.25) is 0 Å². The van der Waals surface area contributed by atoms with Crippen molar-refractivity contribution in [3.63, 3.8) is 0 Å². The number of aliphatic hydroxyl groups is 1. The molecule has 0 saturated carbocycles. The molecule has 0 aliphatic carbocycles. The lowest BCUT2D eigenvalue weighted by atomic mass is 9.97. The number of hydrogen-bond acceptors (Lipinski definition) is 8. The third-order valence-corrected chi connectivity index (χ3v) is 6.28. The number of nitrogens with one attached hydrogen (secondary N) is 2. The second kappa shape index (κ2) is 11.3. The molecule has 1 aromatic carbocycles. The zero-order chi connectivity index (χ0) is 25.6. The van der Waals surface area contributed by atoms with Gasteiger partial charge in [0.2, 0.25) is 11.8 Å². The van der Waals surface area contributed by atoms with E-state index in [0.717, 1.165) is 11.1 Å². The van der Waals surface area contributed by atoms with Gasteiger partial charge in [-0.1, -0.05) is 35.6 Å². The molecular formula is C25H30N6O3S. The minimum Gasteiger partial charge on any atom is -0.385 e. The van der Waals surface area contributed by atoms with Gasteiger partial charge in [-0.3, -0.25) is 14.6 Å². The van der Waals surface area contributed by atoms with E-state index in [2.05, 4.69) is 25.6 Å². The number of likely N-dealkylation sites (N-methyl/N-ethyl adjacent to an activating group) is 1. The summed E-state index contributed by atoms with van der Waals surface area (Å²) in [5, 5.41) is 16.0. The Morgan fingerprint density at radius 2 is 1.91 bits per heavy atom. The van der Waals surface area contributed by atoms with Gasteiger partial charge in [-0.15, -0.1) is 0 Å². The number of nitrogens with zero attached hydrogens (tertiary/aromatic N) is 4. The maximum Gasteiger partial charge on any atom is 0.249 e. The molecule has 2 aromatic heterocycles. The number of carbonyl (C=O) groups is 2. The molecule has 9 nitrogen and oxygen atoms in total. The normalized spacial score (nSPS) is 12.7. The highest BCUT2D eigenvalue weighted by Crippen LogP contribution is 2.29. The predicted octanol–water partition coefficient (Wildman–Crippen LogP) is 3.63. The van der Waals surface area contributed by atoms with E-state index in [1.807, 2.05) is 50.2 Å². The van der Waals surface area contributed by atoms with Crippen LogP contribution >= 0.6 is 11.3 Å². The average molecular weight is 495 g/mol. The first-order valence-corrected chi connectivity index (χ1v) is 11.9. The van der Waals surface area contributed by atoms with Gasteiger partial charge >= 0.3 is 0 Å². The lowest BCUT2D eigenvalue weighted by molar-refractivity contribution is -0.117. The van der Waals surface area contributed by atoms with Crippen molar-refractivity contribution in [3.05, 3.63) is 65.4 Å². The molecule has 0 radical (unpaired) electrons. The number of benzene rings is 1. The van der Waals surface area contributed by atoms with Gasteiger partial charge < -0.3 is 20.6 Å². The van der Waals surface area contributed by atoms with E-state index in [9.17, 15) is 14.7 Å². The number of thiazole rings is 1. The summed E-state index contributed by atoms with van der Waals surface area (Å²) < 4.78 is 0. The molecule has 1 atom stereocenters. The number of anilines is 2. The maximum atomic E-state index is 12.8. The van der Waals surface area contributed by atoms with Gasteiger partial charge in [0, 0.05) is 24.4 Å². The average Bonchev–Trinajstić information content (AvgIpc) is 3.28. The van der Waals surface area contributed by atoms with Crippen LogP contribution in [0.15, 0.2) is 55.0 Å². The predicted molar refractivity (Wildman–Crippen MR) is 138 cm³/mol. The zero-order valence-electron chi connectivity index (χ0n) is 20.4. The number of aromatic nitrogens is 3. The Hall–Kier alpha value is -3.47. The molecule has 0 saturated heterocycles. The van der Waals surface area contributed by atoms with Crippen LogP contribution in [0.3, 0.4) is 0 Å². The summed E-state index contributed by atoms with van der Waals surface area (Å²) in [6, 6.07) is 7.51. The Bertz CT molecular complexity index is 1200. The van der Waals surface area contributed by atoms with E-state index < -0.39 is 11.5 Å². The highest BCUT2D eigenvalue weighted by molar-refractivity contribution is 7.15. The summed E-state index contributed by atoms with van der Waals surface area (Å²) in [6.07, 6.45) is 7.87. The second-order valence-corrected chi connectivity index (χ2v) is 9.90. The number of amides is 2. The largest absolute Gasteiger partial charge is 0.385 e. The van der Waals surface area contributed by atoms with Crippen molar-refractivity contribution in [1.82, 2.24) is 19.9 Å². The van der Waals surface area contributed by atoms with Crippen molar-refractivity contribution in [1.29, 1.82) is 0 Å². The molecular weight excluding hydrogens is 464 g/mol. The highest BCUT2D eigenvalue weighted by atomic mass is 32.1. The van der Waals surface area contributed by atoms with Gasteiger partial charge in [0.1, 0.15) is 0 Å². The minimum atomic E-state index is -1.01. The van der Waals surface area contributed by atoms with E-state index in [1.165, 1.54) is 23.6 Å². The third-order valence-electron chi connectivity index (χ3n) is 5.06. The molecule has 35 heavy (non-hydrogen) atoms. The number of rotatable bonds is 9. The van der Waals surface area contributed by atoms with Gasteiger partial charge in [0.25, 0.3) is 0 Å². The second-order valence-electron chi connectivity index (χ2n) is 8.87. The molecule has 0 aliphatic heterocycles. The van der Waals surface area contributed by atoms with Crippen LogP contribution in [-0.4, -0.2) is 57.4 Å². The van der Waals surface area contributed by atoms with E-state index in [1.54, 1.807) is 32.3 Å². The van der Waals surface area contributed by atoms with Gasteiger partial charge in [-0.25, -0.2) is 9.97 Å². The molecule has 3 N–H and O–H groups in total. The van der Waals surface area contributed by atoms with Gasteiger partial charge in [-0.05, 0) is 46.5 Å². The van der Waals surface area contributed by atoms with Crippen LogP contribution in [0.25, 0.3) is 11.3 Å². The number of hydrogen-bond donors (Lipinski definition) is 3. The van der Waals surface area contributed by atoms with Crippen molar-refractivity contribution < 1.29 is 14.7 Å². The van der Waals surface area contributed by atoms with Gasteiger partial charge in [0.05, 0.1) is 34.5 Å². The molecule has 0 aliphatic rings. The number of carbonyl (C=O) groups excluding carboxylic acids is 2. The molecule has 3 rings (SSSR count). The highest BCUT2D eigenvalue weighted by Gasteiger charge is 2.22. The maximum absolute atomic E-state index is 12.8. The fourth-order valence-corrected chi connectivity index (χ4v) is 3.85. The molecule has 2 amide bonds. The van der Waals surface area contributed by atoms with Gasteiger partial charge in [-0.2, -0.15) is 0 Å². The fraction of sp³-hybridized carbons (Fsp3) is 0.320. The first kappa shape index (κ1) is 26.1. The minimum absolute atomic E-state index is 0.203. The van der Waals surface area contributed by atoms with Crippen LogP contribution in [-0.2, 0) is 15.2 Å². The Labute approximate surface area is 209 Å².